The van der Waals surface area contributed by atoms with E-state index >= 15 is 0 Å². The summed E-state index contributed by atoms with van der Waals surface area (Å²) < 4.78 is 10.9. The van der Waals surface area contributed by atoms with Gasteiger partial charge in [-0.3, -0.25) is 4.79 Å². The van der Waals surface area contributed by atoms with Gasteiger partial charge in [0.15, 0.2) is 0 Å². The van der Waals surface area contributed by atoms with Crippen molar-refractivity contribution in [1.82, 2.24) is 4.90 Å². The number of rotatable bonds is 5. The molecule has 0 N–H and O–H groups in total. The van der Waals surface area contributed by atoms with Gasteiger partial charge in [0.2, 0.25) is 5.91 Å². The van der Waals surface area contributed by atoms with Gasteiger partial charge in [-0.2, -0.15) is 0 Å². The third-order valence-corrected chi connectivity index (χ3v) is 4.51. The Balaban J connectivity index is 1.82. The molecule has 5 nitrogen and oxygen atoms in total. The van der Waals surface area contributed by atoms with Crippen LogP contribution in [0.1, 0.15) is 30.9 Å². The van der Waals surface area contributed by atoms with Gasteiger partial charge in [-0.15, -0.1) is 0 Å². The fourth-order valence-electron chi connectivity index (χ4n) is 3.20. The number of fused-ring (bicyclic) bond motifs is 1. The number of carbonyl (C=O) groups excluding carboxylic acids is 1. The van der Waals surface area contributed by atoms with Crippen molar-refractivity contribution in [2.75, 3.05) is 19.7 Å². The van der Waals surface area contributed by atoms with Gasteiger partial charge < -0.3 is 14.1 Å². The fraction of sp³-hybridized carbons (Fsp3) is 0.474. The van der Waals surface area contributed by atoms with E-state index in [1.807, 2.05) is 36.9 Å². The lowest BCUT2D eigenvalue weighted by molar-refractivity contribution is -0.131. The molecule has 0 aliphatic carbocycles. The Morgan fingerprint density at radius 3 is 2.88 bits per heavy atom. The molecular formula is C19H23NO4. The van der Waals surface area contributed by atoms with Gasteiger partial charge in [0.05, 0.1) is 12.5 Å². The number of amides is 1. The minimum atomic E-state index is -0.418. The predicted molar refractivity (Wildman–Crippen MR) is 92.2 cm³/mol. The first kappa shape index (κ1) is 16.7. The van der Waals surface area contributed by atoms with Crippen LogP contribution in [0.25, 0.3) is 11.0 Å². The second-order valence-corrected chi connectivity index (χ2v) is 6.33. The molecule has 3 rings (SSSR count). The number of carbonyl (C=O) groups is 1. The lowest BCUT2D eigenvalue weighted by Gasteiger charge is -2.24. The molecule has 1 amide bonds. The van der Waals surface area contributed by atoms with Crippen LogP contribution in [0, 0.1) is 6.92 Å². The smallest absolute Gasteiger partial charge is 0.336 e. The molecule has 1 aliphatic rings. The zero-order chi connectivity index (χ0) is 17.1. The molecule has 0 spiro atoms. The van der Waals surface area contributed by atoms with Crippen molar-refractivity contribution in [1.29, 1.82) is 0 Å². The van der Waals surface area contributed by atoms with Gasteiger partial charge >= 0.3 is 5.63 Å². The molecule has 0 bridgehead atoms. The molecule has 1 aromatic heterocycles. The van der Waals surface area contributed by atoms with Gasteiger partial charge in [-0.05, 0) is 43.9 Å². The van der Waals surface area contributed by atoms with Crippen LogP contribution >= 0.6 is 0 Å². The molecule has 5 heteroatoms. The molecule has 1 aromatic carbocycles. The number of likely N-dealkylation sites (N-methyl/N-ethyl adjacent to an activating group) is 1. The van der Waals surface area contributed by atoms with E-state index in [0.717, 1.165) is 36.0 Å². The summed E-state index contributed by atoms with van der Waals surface area (Å²) in [6.07, 6.45) is 2.39. The molecule has 0 unspecified atom stereocenters. The molecule has 1 atom stereocenters. The summed E-state index contributed by atoms with van der Waals surface area (Å²) in [4.78, 5) is 26.3. The first-order valence-electron chi connectivity index (χ1n) is 8.49. The Bertz CT molecular complexity index is 790. The molecule has 0 radical (unpaired) electrons. The summed E-state index contributed by atoms with van der Waals surface area (Å²) in [5, 5.41) is 0.821. The van der Waals surface area contributed by atoms with E-state index in [0.29, 0.717) is 18.7 Å². The number of nitrogens with zero attached hydrogens (tertiary/aromatic N) is 1. The number of aryl methyl sites for hydroxylation is 1. The summed E-state index contributed by atoms with van der Waals surface area (Å²) in [6, 6.07) is 7.12. The molecule has 2 aromatic rings. The van der Waals surface area contributed by atoms with E-state index < -0.39 is 5.63 Å². The number of hydrogen-bond donors (Lipinski definition) is 0. The van der Waals surface area contributed by atoms with Crippen molar-refractivity contribution >= 4 is 16.9 Å². The predicted octanol–water partition coefficient (Wildman–Crippen LogP) is 2.67. The molecule has 2 heterocycles. The van der Waals surface area contributed by atoms with Crippen LogP contribution in [0.2, 0.25) is 0 Å². The van der Waals surface area contributed by atoms with E-state index in [9.17, 15) is 9.59 Å². The molecule has 128 valence electrons. The maximum Gasteiger partial charge on any atom is 0.336 e. The van der Waals surface area contributed by atoms with Crippen molar-refractivity contribution in [3.05, 3.63) is 45.8 Å². The van der Waals surface area contributed by atoms with E-state index in [4.69, 9.17) is 9.15 Å². The van der Waals surface area contributed by atoms with Gasteiger partial charge in [0.1, 0.15) is 5.58 Å². The van der Waals surface area contributed by atoms with Crippen LogP contribution < -0.4 is 5.63 Å². The molecule has 24 heavy (non-hydrogen) atoms. The molecule has 1 fully saturated rings. The van der Waals surface area contributed by atoms with Gasteiger partial charge in [0.25, 0.3) is 0 Å². The zero-order valence-corrected chi connectivity index (χ0v) is 14.2. The number of benzene rings is 1. The van der Waals surface area contributed by atoms with Crippen molar-refractivity contribution in [3.63, 3.8) is 0 Å². The summed E-state index contributed by atoms with van der Waals surface area (Å²) in [6.45, 7) is 5.94. The van der Waals surface area contributed by atoms with E-state index in [2.05, 4.69) is 0 Å². The lowest BCUT2D eigenvalue weighted by Crippen LogP contribution is -2.38. The second-order valence-electron chi connectivity index (χ2n) is 6.33. The van der Waals surface area contributed by atoms with E-state index in [1.165, 1.54) is 6.07 Å². The molecule has 1 aliphatic heterocycles. The highest BCUT2D eigenvalue weighted by Gasteiger charge is 2.22. The highest BCUT2D eigenvalue weighted by molar-refractivity contribution is 5.87. The van der Waals surface area contributed by atoms with Gasteiger partial charge in [-0.1, -0.05) is 12.1 Å². The first-order valence-corrected chi connectivity index (χ1v) is 8.49. The maximum absolute atomic E-state index is 12.7. The van der Waals surface area contributed by atoms with Crippen LogP contribution in [0.5, 0.6) is 0 Å². The summed E-state index contributed by atoms with van der Waals surface area (Å²) in [7, 11) is 0. The molecule has 0 saturated carbocycles. The Morgan fingerprint density at radius 2 is 2.17 bits per heavy atom. The van der Waals surface area contributed by atoms with Crippen molar-refractivity contribution < 1.29 is 13.9 Å². The van der Waals surface area contributed by atoms with Crippen molar-refractivity contribution in [2.45, 2.75) is 39.2 Å². The monoisotopic (exact) mass is 329 g/mol. The van der Waals surface area contributed by atoms with E-state index in [-0.39, 0.29) is 18.4 Å². The van der Waals surface area contributed by atoms with E-state index in [1.54, 1.807) is 0 Å². The molecular weight excluding hydrogens is 306 g/mol. The third kappa shape index (κ3) is 3.67. The number of hydrogen-bond acceptors (Lipinski definition) is 4. The summed E-state index contributed by atoms with van der Waals surface area (Å²) in [5.41, 5.74) is 1.85. The molecule has 1 saturated heterocycles. The highest BCUT2D eigenvalue weighted by atomic mass is 16.5. The maximum atomic E-state index is 12.7. The fourth-order valence-corrected chi connectivity index (χ4v) is 3.20. The van der Waals surface area contributed by atoms with Crippen LogP contribution in [0.4, 0.5) is 0 Å². The quantitative estimate of drug-likeness (QED) is 0.791. The Kier molecular flexibility index (Phi) is 5.00. The lowest BCUT2D eigenvalue weighted by atomic mass is 10.0. The van der Waals surface area contributed by atoms with Crippen molar-refractivity contribution in [2.24, 2.45) is 0 Å². The standard InChI is InChI=1S/C19H23NO4/c1-3-20(12-15-5-4-8-23-15)18(21)10-14-11-19(22)24-17-9-13(2)6-7-16(14)17/h6-7,9,11,15H,3-5,8,10,12H2,1-2H3/t15-/m1/s1. The van der Waals surface area contributed by atoms with Crippen LogP contribution in [-0.4, -0.2) is 36.6 Å². The topological polar surface area (TPSA) is 59.8 Å². The van der Waals surface area contributed by atoms with Crippen molar-refractivity contribution in [3.8, 4) is 0 Å². The van der Waals surface area contributed by atoms with Crippen LogP contribution in [0.15, 0.2) is 33.5 Å². The van der Waals surface area contributed by atoms with Gasteiger partial charge in [-0.25, -0.2) is 4.79 Å². The highest BCUT2D eigenvalue weighted by Crippen LogP contribution is 2.20. The van der Waals surface area contributed by atoms with Crippen LogP contribution in [0.3, 0.4) is 0 Å². The Morgan fingerprint density at radius 1 is 1.33 bits per heavy atom. The van der Waals surface area contributed by atoms with Gasteiger partial charge in [0, 0.05) is 31.1 Å². The SMILES string of the molecule is CCN(C[C@H]1CCCO1)C(=O)Cc1cc(=O)oc2cc(C)ccc12. The minimum Gasteiger partial charge on any atom is -0.423 e. The number of ether oxygens (including phenoxy) is 1. The normalized spacial score (nSPS) is 17.3. The summed E-state index contributed by atoms with van der Waals surface area (Å²) >= 11 is 0. The zero-order valence-electron chi connectivity index (χ0n) is 14.2. The average Bonchev–Trinajstić information content (AvgIpc) is 3.04. The first-order chi connectivity index (χ1) is 11.6. The summed E-state index contributed by atoms with van der Waals surface area (Å²) in [5.74, 6) is 0.0143. The Labute approximate surface area is 141 Å². The Hall–Kier alpha value is -2.14. The second kappa shape index (κ2) is 7.18. The van der Waals surface area contributed by atoms with Crippen LogP contribution in [-0.2, 0) is 16.0 Å². The average molecular weight is 329 g/mol. The minimum absolute atomic E-state index is 0.0143. The largest absolute Gasteiger partial charge is 0.423 e. The third-order valence-electron chi connectivity index (χ3n) is 4.51.